The van der Waals surface area contributed by atoms with Crippen LogP contribution in [0.5, 0.6) is 0 Å². The minimum Gasteiger partial charge on any atom is -0.351 e. The van der Waals surface area contributed by atoms with Crippen LogP contribution in [-0.2, 0) is 0 Å². The topological polar surface area (TPSA) is 84.2 Å². The van der Waals surface area contributed by atoms with Gasteiger partial charge in [0, 0.05) is 5.69 Å². The number of nitrogens with one attached hydrogen (secondary N) is 2. The normalized spacial score (nSPS) is 11.5. The SMILES string of the molecule is C[C@H](NC(=O)c1ccccc1F)c1ccc(NC(N)=O)cc1. The minimum atomic E-state index is -0.645. The van der Waals surface area contributed by atoms with Crippen molar-refractivity contribution >= 4 is 17.6 Å². The van der Waals surface area contributed by atoms with Crippen molar-refractivity contribution in [2.75, 3.05) is 5.32 Å². The molecule has 0 aliphatic carbocycles. The standard InChI is InChI=1S/C16H16FN3O2/c1-10(11-6-8-12(9-7-11)20-16(18)22)19-15(21)13-4-2-3-5-14(13)17/h2-10H,1H3,(H,19,21)(H3,18,20,22)/t10-/m0/s1. The third-order valence-corrected chi connectivity index (χ3v) is 3.14. The van der Waals surface area contributed by atoms with Gasteiger partial charge in [-0.3, -0.25) is 4.79 Å². The van der Waals surface area contributed by atoms with Crippen LogP contribution in [0.1, 0.15) is 28.9 Å². The smallest absolute Gasteiger partial charge is 0.316 e. The van der Waals surface area contributed by atoms with Crippen molar-refractivity contribution in [2.24, 2.45) is 5.73 Å². The molecule has 0 radical (unpaired) electrons. The van der Waals surface area contributed by atoms with E-state index in [1.165, 1.54) is 18.2 Å². The number of urea groups is 1. The highest BCUT2D eigenvalue weighted by atomic mass is 19.1. The highest BCUT2D eigenvalue weighted by Crippen LogP contribution is 2.17. The number of anilines is 1. The van der Waals surface area contributed by atoms with E-state index >= 15 is 0 Å². The van der Waals surface area contributed by atoms with E-state index in [1.54, 1.807) is 37.3 Å². The summed E-state index contributed by atoms with van der Waals surface area (Å²) in [7, 11) is 0. The van der Waals surface area contributed by atoms with E-state index in [2.05, 4.69) is 10.6 Å². The molecular weight excluding hydrogens is 285 g/mol. The summed E-state index contributed by atoms with van der Waals surface area (Å²) < 4.78 is 13.6. The van der Waals surface area contributed by atoms with Gasteiger partial charge in [-0.2, -0.15) is 0 Å². The molecule has 5 nitrogen and oxygen atoms in total. The van der Waals surface area contributed by atoms with E-state index in [1.807, 2.05) is 0 Å². The lowest BCUT2D eigenvalue weighted by molar-refractivity contribution is 0.0936. The van der Waals surface area contributed by atoms with Gasteiger partial charge < -0.3 is 16.4 Å². The van der Waals surface area contributed by atoms with Gasteiger partial charge >= 0.3 is 6.03 Å². The number of hydrogen-bond donors (Lipinski definition) is 3. The first-order valence-corrected chi connectivity index (χ1v) is 6.69. The third kappa shape index (κ3) is 3.82. The average molecular weight is 301 g/mol. The van der Waals surface area contributed by atoms with Gasteiger partial charge in [0.2, 0.25) is 0 Å². The molecule has 0 aromatic heterocycles. The van der Waals surface area contributed by atoms with E-state index in [0.29, 0.717) is 5.69 Å². The maximum absolute atomic E-state index is 13.6. The molecule has 0 bridgehead atoms. The molecule has 6 heteroatoms. The lowest BCUT2D eigenvalue weighted by Crippen LogP contribution is -2.27. The molecule has 2 aromatic carbocycles. The largest absolute Gasteiger partial charge is 0.351 e. The molecule has 2 rings (SSSR count). The molecule has 0 heterocycles. The fourth-order valence-electron chi connectivity index (χ4n) is 2.00. The van der Waals surface area contributed by atoms with Gasteiger partial charge in [-0.25, -0.2) is 9.18 Å². The lowest BCUT2D eigenvalue weighted by Gasteiger charge is -2.15. The van der Waals surface area contributed by atoms with E-state index in [9.17, 15) is 14.0 Å². The molecule has 0 saturated carbocycles. The Labute approximate surface area is 127 Å². The molecular formula is C16H16FN3O2. The van der Waals surface area contributed by atoms with Crippen molar-refractivity contribution in [3.8, 4) is 0 Å². The van der Waals surface area contributed by atoms with Crippen LogP contribution in [0.4, 0.5) is 14.9 Å². The lowest BCUT2D eigenvalue weighted by atomic mass is 10.1. The van der Waals surface area contributed by atoms with Crippen molar-refractivity contribution < 1.29 is 14.0 Å². The van der Waals surface area contributed by atoms with Gasteiger partial charge in [-0.15, -0.1) is 0 Å². The molecule has 2 aromatic rings. The maximum Gasteiger partial charge on any atom is 0.316 e. The van der Waals surface area contributed by atoms with Crippen molar-refractivity contribution in [1.29, 1.82) is 0 Å². The van der Waals surface area contributed by atoms with Crippen molar-refractivity contribution in [3.63, 3.8) is 0 Å². The molecule has 1 atom stereocenters. The number of hydrogen-bond acceptors (Lipinski definition) is 2. The maximum atomic E-state index is 13.6. The van der Waals surface area contributed by atoms with E-state index in [0.717, 1.165) is 5.56 Å². The Hall–Kier alpha value is -2.89. The fraction of sp³-hybridized carbons (Fsp3) is 0.125. The highest BCUT2D eigenvalue weighted by Gasteiger charge is 2.14. The van der Waals surface area contributed by atoms with Crippen LogP contribution >= 0.6 is 0 Å². The molecule has 0 spiro atoms. The summed E-state index contributed by atoms with van der Waals surface area (Å²) in [4.78, 5) is 22.8. The summed E-state index contributed by atoms with van der Waals surface area (Å²) in [5.41, 5.74) is 6.40. The Morgan fingerprint density at radius 3 is 2.32 bits per heavy atom. The van der Waals surface area contributed by atoms with Crippen molar-refractivity contribution in [2.45, 2.75) is 13.0 Å². The number of rotatable bonds is 4. The first-order valence-electron chi connectivity index (χ1n) is 6.69. The Morgan fingerprint density at radius 2 is 1.73 bits per heavy atom. The second kappa shape index (κ2) is 6.71. The van der Waals surface area contributed by atoms with Crippen molar-refractivity contribution in [1.82, 2.24) is 5.32 Å². The van der Waals surface area contributed by atoms with Crippen LogP contribution in [0, 0.1) is 5.82 Å². The average Bonchev–Trinajstić information content (AvgIpc) is 2.47. The first-order chi connectivity index (χ1) is 10.5. The summed E-state index contributed by atoms with van der Waals surface area (Å²) in [5.74, 6) is -1.04. The molecule has 0 aliphatic heterocycles. The van der Waals surface area contributed by atoms with E-state index in [-0.39, 0.29) is 11.6 Å². The van der Waals surface area contributed by atoms with Crippen LogP contribution < -0.4 is 16.4 Å². The summed E-state index contributed by atoms with van der Waals surface area (Å²) >= 11 is 0. The second-order valence-electron chi connectivity index (χ2n) is 4.79. The summed E-state index contributed by atoms with van der Waals surface area (Å²) in [6.07, 6.45) is 0. The second-order valence-corrected chi connectivity index (χ2v) is 4.79. The zero-order valence-corrected chi connectivity index (χ0v) is 12.0. The molecule has 22 heavy (non-hydrogen) atoms. The minimum absolute atomic E-state index is 0.00126. The number of benzene rings is 2. The summed E-state index contributed by atoms with van der Waals surface area (Å²) in [5, 5.41) is 5.17. The fourth-order valence-corrected chi connectivity index (χ4v) is 2.00. The molecule has 0 aliphatic rings. The number of carbonyl (C=O) groups excluding carboxylic acids is 2. The summed E-state index contributed by atoms with van der Waals surface area (Å²) in [6, 6.07) is 11.7. The van der Waals surface area contributed by atoms with Gasteiger partial charge in [0.25, 0.3) is 5.91 Å². The van der Waals surface area contributed by atoms with Crippen LogP contribution in [-0.4, -0.2) is 11.9 Å². The number of amides is 3. The first kappa shape index (κ1) is 15.5. The predicted molar refractivity (Wildman–Crippen MR) is 81.9 cm³/mol. The zero-order valence-electron chi connectivity index (χ0n) is 12.0. The number of carbonyl (C=O) groups is 2. The molecule has 0 unspecified atom stereocenters. The van der Waals surface area contributed by atoms with Gasteiger partial charge in [0.15, 0.2) is 0 Å². The van der Waals surface area contributed by atoms with Crippen LogP contribution in [0.3, 0.4) is 0 Å². The predicted octanol–water partition coefficient (Wildman–Crippen LogP) is 2.81. The number of primary amides is 1. The zero-order chi connectivity index (χ0) is 16.1. The van der Waals surface area contributed by atoms with Crippen LogP contribution in [0.25, 0.3) is 0 Å². The Balaban J connectivity index is 2.05. The van der Waals surface area contributed by atoms with Crippen LogP contribution in [0.15, 0.2) is 48.5 Å². The Kier molecular flexibility index (Phi) is 4.73. The Morgan fingerprint density at radius 1 is 1.09 bits per heavy atom. The molecule has 114 valence electrons. The number of halogens is 1. The molecule has 4 N–H and O–H groups in total. The quantitative estimate of drug-likeness (QED) is 0.811. The van der Waals surface area contributed by atoms with Crippen LogP contribution in [0.2, 0.25) is 0 Å². The van der Waals surface area contributed by atoms with E-state index in [4.69, 9.17) is 5.73 Å². The van der Waals surface area contributed by atoms with Gasteiger partial charge in [-0.05, 0) is 36.8 Å². The van der Waals surface area contributed by atoms with Gasteiger partial charge in [0.05, 0.1) is 11.6 Å². The van der Waals surface area contributed by atoms with E-state index < -0.39 is 17.8 Å². The highest BCUT2D eigenvalue weighted by molar-refractivity contribution is 5.94. The monoisotopic (exact) mass is 301 g/mol. The molecule has 0 fully saturated rings. The third-order valence-electron chi connectivity index (χ3n) is 3.14. The van der Waals surface area contributed by atoms with Gasteiger partial charge in [0.1, 0.15) is 5.82 Å². The van der Waals surface area contributed by atoms with Gasteiger partial charge in [-0.1, -0.05) is 24.3 Å². The molecule has 3 amide bonds. The van der Waals surface area contributed by atoms with Crippen molar-refractivity contribution in [3.05, 3.63) is 65.5 Å². The Bertz CT molecular complexity index is 686. The molecule has 0 saturated heterocycles. The number of nitrogens with two attached hydrogens (primary N) is 1. The summed E-state index contributed by atoms with van der Waals surface area (Å²) in [6.45, 7) is 1.79.